The van der Waals surface area contributed by atoms with Crippen molar-refractivity contribution < 1.29 is 56.2 Å². The molecular weight excluding hydrogens is 217 g/mol. The summed E-state index contributed by atoms with van der Waals surface area (Å²) in [7, 11) is 0. The second kappa shape index (κ2) is 6.76. The molecule has 0 radical (unpaired) electrons. The Kier molecular flexibility index (Phi) is 6.87. The van der Waals surface area contributed by atoms with Crippen molar-refractivity contribution in [2.45, 2.75) is 25.3 Å². The summed E-state index contributed by atoms with van der Waals surface area (Å²) in [6.07, 6.45) is 5.68. The fourth-order valence-corrected chi connectivity index (χ4v) is 1.57. The molecule has 0 N–H and O–H groups in total. The van der Waals surface area contributed by atoms with E-state index in [0.29, 0.717) is 12.3 Å². The minimum Gasteiger partial charge on any atom is -0.358 e. The summed E-state index contributed by atoms with van der Waals surface area (Å²) >= 11 is 0. The van der Waals surface area contributed by atoms with Gasteiger partial charge in [0, 0.05) is 12.2 Å². The molecule has 0 amide bonds. The molecule has 0 aromatic carbocycles. The fraction of sp³-hybridized carbons (Fsp3) is 0.364. The molecule has 0 spiro atoms. The van der Waals surface area contributed by atoms with Crippen LogP contribution in [0.25, 0.3) is 0 Å². The van der Waals surface area contributed by atoms with Gasteiger partial charge in [0.2, 0.25) is 0 Å². The third-order valence-electron chi connectivity index (χ3n) is 2.60. The predicted molar refractivity (Wildman–Crippen MR) is 55.4 cm³/mol. The zero-order chi connectivity index (χ0) is 9.26. The average molecular weight is 231 g/mol. The van der Waals surface area contributed by atoms with Crippen LogP contribution in [0.4, 0.5) is 0 Å². The molecule has 1 saturated carbocycles. The molecule has 76 valence electrons. The van der Waals surface area contributed by atoms with Crippen molar-refractivity contribution in [3.05, 3.63) is 41.7 Å². The molecule has 2 rings (SSSR count). The first-order valence-corrected chi connectivity index (χ1v) is 4.49. The van der Waals surface area contributed by atoms with E-state index in [1.54, 1.807) is 22.9 Å². The molecule has 1 fully saturated rings. The molecule has 0 saturated heterocycles. The van der Waals surface area contributed by atoms with Crippen molar-refractivity contribution >= 4 is 6.29 Å². The van der Waals surface area contributed by atoms with E-state index in [1.165, 1.54) is 6.42 Å². The topological polar surface area (TPSA) is 39.1 Å². The number of hydrogen-bond donors (Lipinski definition) is 0. The Bertz CT molecular complexity index is 382. The van der Waals surface area contributed by atoms with Crippen molar-refractivity contribution in [3.63, 3.8) is 0 Å². The molecular formula is C11H14KNO2. The molecule has 3 nitrogen and oxygen atoms in total. The first-order chi connectivity index (χ1) is 6.33. The van der Waals surface area contributed by atoms with Gasteiger partial charge in [-0.05, 0) is 31.4 Å². The molecule has 1 aliphatic rings. The molecule has 1 aromatic heterocycles. The molecule has 0 aliphatic heterocycles. The normalized spacial score (nSPS) is 14.4. The zero-order valence-electron chi connectivity index (χ0n) is 9.27. The minimum absolute atomic E-state index is 0. The van der Waals surface area contributed by atoms with Gasteiger partial charge >= 0.3 is 51.4 Å². The van der Waals surface area contributed by atoms with Gasteiger partial charge in [-0.3, -0.25) is 9.59 Å². The van der Waals surface area contributed by atoms with Gasteiger partial charge in [-0.25, -0.2) is 0 Å². The van der Waals surface area contributed by atoms with Crippen molar-refractivity contribution in [2.24, 2.45) is 0 Å². The zero-order valence-corrected chi connectivity index (χ0v) is 12.4. The Balaban J connectivity index is 0.000000980. The number of hydrogen-bond acceptors (Lipinski definition) is 2. The van der Waals surface area contributed by atoms with Gasteiger partial charge in [0.1, 0.15) is 0 Å². The van der Waals surface area contributed by atoms with Crippen LogP contribution in [0, 0.1) is 7.43 Å². The third kappa shape index (κ3) is 3.11. The van der Waals surface area contributed by atoms with E-state index in [1.807, 2.05) is 0 Å². The monoisotopic (exact) mass is 231 g/mol. The average Bonchev–Trinajstić information content (AvgIpc) is 2.05. The Labute approximate surface area is 132 Å². The summed E-state index contributed by atoms with van der Waals surface area (Å²) in [5.74, 6) is 0. The van der Waals surface area contributed by atoms with Gasteiger partial charge < -0.3 is 12.0 Å². The number of carbonyl (C=O) groups excluding carboxylic acids is 1. The predicted octanol–water partition coefficient (Wildman–Crippen LogP) is -1.16. The van der Waals surface area contributed by atoms with E-state index in [9.17, 15) is 9.59 Å². The largest absolute Gasteiger partial charge is 1.00 e. The van der Waals surface area contributed by atoms with Gasteiger partial charge in [-0.1, -0.05) is 0 Å². The Morgan fingerprint density at radius 2 is 2.07 bits per heavy atom. The molecule has 1 aromatic rings. The maximum atomic E-state index is 11.6. The van der Waals surface area contributed by atoms with Crippen LogP contribution in [-0.4, -0.2) is 10.9 Å². The molecule has 1 heterocycles. The van der Waals surface area contributed by atoms with Crippen molar-refractivity contribution in [1.29, 1.82) is 0 Å². The number of carbonyl (C=O) groups is 1. The van der Waals surface area contributed by atoms with Crippen LogP contribution in [0.2, 0.25) is 0 Å². The van der Waals surface area contributed by atoms with Gasteiger partial charge in [-0.15, -0.1) is 0 Å². The molecule has 4 heteroatoms. The summed E-state index contributed by atoms with van der Waals surface area (Å²) in [6.45, 7) is 0. The summed E-state index contributed by atoms with van der Waals surface area (Å²) in [4.78, 5) is 22.1. The number of aldehydes is 1. The van der Waals surface area contributed by atoms with Crippen LogP contribution in [0.15, 0.2) is 23.1 Å². The van der Waals surface area contributed by atoms with Crippen LogP contribution >= 0.6 is 0 Å². The summed E-state index contributed by atoms with van der Waals surface area (Å²) in [5.41, 5.74) is 0.108. The number of pyridine rings is 1. The second-order valence-electron chi connectivity index (χ2n) is 3.38. The smallest absolute Gasteiger partial charge is 0.358 e. The maximum absolute atomic E-state index is 11.6. The minimum atomic E-state index is -0.151. The van der Waals surface area contributed by atoms with Crippen molar-refractivity contribution in [2.75, 3.05) is 0 Å². The Morgan fingerprint density at radius 1 is 1.40 bits per heavy atom. The first kappa shape index (κ1) is 15.3. The SMILES string of the molecule is O=Cc1cccn(C2CCC2)c1=O.[CH3-].[K+]. The number of aromatic nitrogens is 1. The summed E-state index contributed by atoms with van der Waals surface area (Å²) in [6, 6.07) is 3.64. The second-order valence-corrected chi connectivity index (χ2v) is 3.38. The molecule has 1 aliphatic carbocycles. The standard InChI is InChI=1S/C10H11NO2.CH3.K/c12-7-8-3-2-6-11(10(8)13)9-4-1-5-9;;/h2-3,6-7,9H,1,4-5H2;1H3;/q;-1;+1. The molecule has 0 bridgehead atoms. The van der Waals surface area contributed by atoms with Gasteiger partial charge in [0.05, 0.1) is 5.56 Å². The van der Waals surface area contributed by atoms with E-state index in [-0.39, 0.29) is 69.9 Å². The Hall–Kier alpha value is 0.256. The Morgan fingerprint density at radius 3 is 2.53 bits per heavy atom. The quantitative estimate of drug-likeness (QED) is 0.366. The van der Waals surface area contributed by atoms with Crippen LogP contribution in [0.3, 0.4) is 0 Å². The van der Waals surface area contributed by atoms with Crippen molar-refractivity contribution in [1.82, 2.24) is 4.57 Å². The van der Waals surface area contributed by atoms with Crippen LogP contribution < -0.4 is 56.9 Å². The maximum Gasteiger partial charge on any atom is 1.00 e. The van der Waals surface area contributed by atoms with Gasteiger partial charge in [-0.2, -0.15) is 0 Å². The van der Waals surface area contributed by atoms with E-state index in [0.717, 1.165) is 12.8 Å². The summed E-state index contributed by atoms with van der Waals surface area (Å²) < 4.78 is 1.67. The number of rotatable bonds is 2. The van der Waals surface area contributed by atoms with E-state index in [2.05, 4.69) is 0 Å². The molecule has 0 unspecified atom stereocenters. The van der Waals surface area contributed by atoms with E-state index >= 15 is 0 Å². The first-order valence-electron chi connectivity index (χ1n) is 4.49. The molecule has 15 heavy (non-hydrogen) atoms. The van der Waals surface area contributed by atoms with Crippen LogP contribution in [-0.2, 0) is 0 Å². The van der Waals surface area contributed by atoms with E-state index < -0.39 is 0 Å². The van der Waals surface area contributed by atoms with Crippen LogP contribution in [0.5, 0.6) is 0 Å². The van der Waals surface area contributed by atoms with Gasteiger partial charge in [0.25, 0.3) is 5.56 Å². The van der Waals surface area contributed by atoms with Crippen molar-refractivity contribution in [3.8, 4) is 0 Å². The van der Waals surface area contributed by atoms with Crippen LogP contribution in [0.1, 0.15) is 35.7 Å². The number of nitrogens with zero attached hydrogens (tertiary/aromatic N) is 1. The summed E-state index contributed by atoms with van der Waals surface area (Å²) in [5, 5.41) is 0. The van der Waals surface area contributed by atoms with E-state index in [4.69, 9.17) is 0 Å². The molecule has 0 atom stereocenters. The third-order valence-corrected chi connectivity index (χ3v) is 2.60. The fourth-order valence-electron chi connectivity index (χ4n) is 1.57. The van der Waals surface area contributed by atoms with Gasteiger partial charge in [0.15, 0.2) is 6.29 Å².